The summed E-state index contributed by atoms with van der Waals surface area (Å²) in [6, 6.07) is 22.4. The fraction of sp³-hybridized carbons (Fsp3) is 0.208. The van der Waals surface area contributed by atoms with Gasteiger partial charge in [0.2, 0.25) is 0 Å². The van der Waals surface area contributed by atoms with Gasteiger partial charge in [-0.3, -0.25) is 4.79 Å². The number of hydrogen-bond donors (Lipinski definition) is 1. The first-order valence-corrected chi connectivity index (χ1v) is 11.4. The highest BCUT2D eigenvalue weighted by atomic mass is 127. The molecule has 0 saturated carbocycles. The quantitative estimate of drug-likeness (QED) is 0.410. The minimum Gasteiger partial charge on any atom is -0.347 e. The van der Waals surface area contributed by atoms with Crippen LogP contribution < -0.4 is 5.32 Å². The number of nitrogens with one attached hydrogen (secondary N) is 1. The van der Waals surface area contributed by atoms with Crippen LogP contribution in [0.3, 0.4) is 0 Å². The molecule has 2 aromatic carbocycles. The number of aromatic nitrogens is 3. The van der Waals surface area contributed by atoms with E-state index in [0.717, 1.165) is 45.6 Å². The number of carbonyl (C=O) groups is 1. The summed E-state index contributed by atoms with van der Waals surface area (Å²) in [6.07, 6.45) is 0.956. The molecule has 31 heavy (non-hydrogen) atoms. The van der Waals surface area contributed by atoms with E-state index in [-0.39, 0.29) is 11.9 Å². The lowest BCUT2D eigenvalue weighted by molar-refractivity contribution is 0.0932. The molecule has 1 aliphatic rings. The average molecular weight is 523 g/mol. The van der Waals surface area contributed by atoms with E-state index in [2.05, 4.69) is 39.9 Å². The zero-order chi connectivity index (χ0) is 21.4. The summed E-state index contributed by atoms with van der Waals surface area (Å²) in [6.45, 7) is 1.86. The minimum absolute atomic E-state index is 0.143. The van der Waals surface area contributed by atoms with E-state index in [1.54, 1.807) is 4.52 Å². The van der Waals surface area contributed by atoms with Crippen molar-refractivity contribution >= 4 is 34.1 Å². The first-order chi connectivity index (χ1) is 15.1. The van der Waals surface area contributed by atoms with Crippen LogP contribution in [0.25, 0.3) is 28.2 Å². The van der Waals surface area contributed by atoms with Crippen molar-refractivity contribution in [3.05, 3.63) is 76.0 Å². The van der Waals surface area contributed by atoms with Crippen LogP contribution in [0.5, 0.6) is 0 Å². The van der Waals surface area contributed by atoms with Gasteiger partial charge in [-0.15, -0.1) is 0 Å². The summed E-state index contributed by atoms with van der Waals surface area (Å²) < 4.78 is 2.55. The number of fused-ring (bicyclic) bond motifs is 1. The van der Waals surface area contributed by atoms with Crippen molar-refractivity contribution in [3.63, 3.8) is 0 Å². The van der Waals surface area contributed by atoms with Crippen LogP contribution in [-0.4, -0.2) is 51.6 Å². The largest absolute Gasteiger partial charge is 0.347 e. The van der Waals surface area contributed by atoms with Crippen LogP contribution in [0.4, 0.5) is 0 Å². The van der Waals surface area contributed by atoms with Crippen LogP contribution in [-0.2, 0) is 0 Å². The topological polar surface area (TPSA) is 62.5 Å². The smallest absolute Gasteiger partial charge is 0.273 e. The van der Waals surface area contributed by atoms with E-state index in [1.165, 1.54) is 0 Å². The van der Waals surface area contributed by atoms with E-state index in [1.807, 2.05) is 66.7 Å². The molecule has 6 nitrogen and oxygen atoms in total. The number of halogens is 1. The lowest BCUT2D eigenvalue weighted by Gasteiger charge is -2.11. The maximum absolute atomic E-state index is 13.1. The highest BCUT2D eigenvalue weighted by molar-refractivity contribution is 14.1. The number of carbonyl (C=O) groups excluding carboxylic acids is 1. The van der Waals surface area contributed by atoms with Crippen molar-refractivity contribution < 1.29 is 4.79 Å². The Labute approximate surface area is 194 Å². The number of benzene rings is 2. The molecule has 1 saturated heterocycles. The Hall–Kier alpha value is -2.78. The second kappa shape index (κ2) is 8.39. The molecule has 156 valence electrons. The van der Waals surface area contributed by atoms with Gasteiger partial charge < -0.3 is 10.2 Å². The molecular formula is C24H22IN5O. The highest BCUT2D eigenvalue weighted by Crippen LogP contribution is 2.29. The van der Waals surface area contributed by atoms with Gasteiger partial charge in [0.25, 0.3) is 5.91 Å². The Morgan fingerprint density at radius 2 is 1.74 bits per heavy atom. The summed E-state index contributed by atoms with van der Waals surface area (Å²) in [4.78, 5) is 20.2. The van der Waals surface area contributed by atoms with Crippen LogP contribution in [0.15, 0.2) is 66.7 Å². The van der Waals surface area contributed by atoms with E-state index >= 15 is 0 Å². The van der Waals surface area contributed by atoms with Gasteiger partial charge >= 0.3 is 0 Å². The Kier molecular flexibility index (Phi) is 5.45. The third-order valence-corrected chi connectivity index (χ3v) is 6.61. The Morgan fingerprint density at radius 3 is 2.39 bits per heavy atom. The van der Waals surface area contributed by atoms with Crippen molar-refractivity contribution in [1.82, 2.24) is 24.8 Å². The molecular weight excluding hydrogens is 501 g/mol. The van der Waals surface area contributed by atoms with Crippen molar-refractivity contribution in [2.45, 2.75) is 12.5 Å². The molecule has 1 N–H and O–H groups in total. The molecule has 4 aromatic rings. The third-order valence-electron chi connectivity index (χ3n) is 5.61. The zero-order valence-corrected chi connectivity index (χ0v) is 19.3. The van der Waals surface area contributed by atoms with E-state index in [9.17, 15) is 4.79 Å². The van der Waals surface area contributed by atoms with E-state index in [0.29, 0.717) is 11.3 Å². The highest BCUT2D eigenvalue weighted by Gasteiger charge is 2.26. The molecule has 1 atom stereocenters. The maximum Gasteiger partial charge on any atom is 0.273 e. The lowest BCUT2D eigenvalue weighted by Crippen LogP contribution is -2.37. The van der Waals surface area contributed by atoms with Crippen LogP contribution >= 0.6 is 22.6 Å². The predicted octanol–water partition coefficient (Wildman–Crippen LogP) is 4.10. The van der Waals surface area contributed by atoms with Gasteiger partial charge in [-0.2, -0.15) is 5.10 Å². The second-order valence-corrected chi connectivity index (χ2v) is 8.96. The fourth-order valence-electron chi connectivity index (χ4n) is 4.01. The molecule has 3 heterocycles. The molecule has 0 aliphatic carbocycles. The molecule has 0 radical (unpaired) electrons. The molecule has 1 amide bonds. The molecule has 2 aromatic heterocycles. The SMILES string of the molecule is CN1CCC(NC(=O)c2nn3c(-c4ccccc4)cc(-c4ccccc4)nc3c2I)C1. The summed E-state index contributed by atoms with van der Waals surface area (Å²) in [7, 11) is 2.07. The van der Waals surface area contributed by atoms with E-state index in [4.69, 9.17) is 10.1 Å². The van der Waals surface area contributed by atoms with Crippen LogP contribution in [0.2, 0.25) is 0 Å². The van der Waals surface area contributed by atoms with Gasteiger partial charge in [0, 0.05) is 23.7 Å². The molecule has 1 unspecified atom stereocenters. The number of likely N-dealkylation sites (tertiary alicyclic amines) is 1. The number of amides is 1. The molecule has 0 spiro atoms. The van der Waals surface area contributed by atoms with Gasteiger partial charge in [0.15, 0.2) is 11.3 Å². The third kappa shape index (κ3) is 3.95. The maximum atomic E-state index is 13.1. The Bertz CT molecular complexity index is 1240. The minimum atomic E-state index is -0.143. The molecule has 7 heteroatoms. The number of likely N-dealkylation sites (N-methyl/N-ethyl adjacent to an activating group) is 1. The molecule has 0 bridgehead atoms. The van der Waals surface area contributed by atoms with Gasteiger partial charge in [0.05, 0.1) is 15.0 Å². The lowest BCUT2D eigenvalue weighted by atomic mass is 10.1. The number of nitrogens with zero attached hydrogens (tertiary/aromatic N) is 4. The van der Waals surface area contributed by atoms with Crippen molar-refractivity contribution in [3.8, 4) is 22.5 Å². The van der Waals surface area contributed by atoms with Crippen molar-refractivity contribution in [2.75, 3.05) is 20.1 Å². The Balaban J connectivity index is 1.63. The summed E-state index contributed by atoms with van der Waals surface area (Å²) in [5.74, 6) is -0.143. The first kappa shape index (κ1) is 20.1. The van der Waals surface area contributed by atoms with Crippen LogP contribution in [0.1, 0.15) is 16.9 Å². The standard InChI is InChI=1S/C24H22IN5O/c1-29-13-12-18(15-29)26-24(31)22-21(25)23-27-19(16-8-4-2-5-9-16)14-20(30(23)28-22)17-10-6-3-7-11-17/h2-11,14,18H,12-13,15H2,1H3,(H,26,31). The first-order valence-electron chi connectivity index (χ1n) is 10.3. The van der Waals surface area contributed by atoms with Gasteiger partial charge in [-0.25, -0.2) is 9.50 Å². The van der Waals surface area contributed by atoms with Gasteiger partial charge in [-0.05, 0) is 48.7 Å². The molecule has 5 rings (SSSR count). The summed E-state index contributed by atoms with van der Waals surface area (Å²) in [5, 5.41) is 7.85. The second-order valence-electron chi connectivity index (χ2n) is 7.88. The van der Waals surface area contributed by atoms with Crippen molar-refractivity contribution in [2.24, 2.45) is 0 Å². The van der Waals surface area contributed by atoms with Gasteiger partial charge in [0.1, 0.15) is 0 Å². The summed E-state index contributed by atoms with van der Waals surface area (Å²) in [5.41, 5.74) is 4.92. The summed E-state index contributed by atoms with van der Waals surface area (Å²) >= 11 is 2.19. The van der Waals surface area contributed by atoms with Crippen molar-refractivity contribution in [1.29, 1.82) is 0 Å². The Morgan fingerprint density at radius 1 is 1.06 bits per heavy atom. The fourth-order valence-corrected chi connectivity index (χ4v) is 4.72. The van der Waals surface area contributed by atoms with Crippen LogP contribution in [0, 0.1) is 3.57 Å². The van der Waals surface area contributed by atoms with E-state index < -0.39 is 0 Å². The normalized spacial score (nSPS) is 16.6. The predicted molar refractivity (Wildman–Crippen MR) is 130 cm³/mol. The average Bonchev–Trinajstić information content (AvgIpc) is 3.37. The number of hydrogen-bond acceptors (Lipinski definition) is 4. The zero-order valence-electron chi connectivity index (χ0n) is 17.1. The van der Waals surface area contributed by atoms with Gasteiger partial charge in [-0.1, -0.05) is 60.7 Å². The number of rotatable bonds is 4. The molecule has 1 fully saturated rings. The monoisotopic (exact) mass is 523 g/mol. The molecule has 1 aliphatic heterocycles.